The lowest BCUT2D eigenvalue weighted by Crippen LogP contribution is -2.01. The van der Waals surface area contributed by atoms with Crippen molar-refractivity contribution in [3.63, 3.8) is 0 Å². The van der Waals surface area contributed by atoms with Gasteiger partial charge in [-0.25, -0.2) is 0 Å². The van der Waals surface area contributed by atoms with Gasteiger partial charge in [0.05, 0.1) is 12.5 Å². The Morgan fingerprint density at radius 2 is 1.95 bits per heavy atom. The Balaban J connectivity index is 2.27. The molecule has 0 aliphatic heterocycles. The summed E-state index contributed by atoms with van der Waals surface area (Å²) in [4.78, 5) is 12.3. The maximum atomic E-state index is 12.3. The highest BCUT2D eigenvalue weighted by Gasteiger charge is 2.12. The predicted octanol–water partition coefficient (Wildman–Crippen LogP) is 4.14. The van der Waals surface area contributed by atoms with Crippen LogP contribution in [0.5, 0.6) is 11.5 Å². The normalized spacial score (nSPS) is 10.9. The van der Waals surface area contributed by atoms with Crippen LogP contribution in [0.4, 0.5) is 0 Å². The van der Waals surface area contributed by atoms with Gasteiger partial charge in [0.1, 0.15) is 11.3 Å². The third-order valence-electron chi connectivity index (χ3n) is 3.44. The molecular formula is C17H13ClO4. The summed E-state index contributed by atoms with van der Waals surface area (Å²) in [5.74, 6) is 0.742. The molecule has 0 bridgehead atoms. The van der Waals surface area contributed by atoms with Crippen LogP contribution in [0.1, 0.15) is 5.56 Å². The van der Waals surface area contributed by atoms with Crippen molar-refractivity contribution in [1.82, 2.24) is 0 Å². The number of benzene rings is 2. The van der Waals surface area contributed by atoms with Crippen molar-refractivity contribution >= 4 is 22.6 Å². The molecule has 0 amide bonds. The zero-order chi connectivity index (χ0) is 15.9. The number of hydrogen-bond acceptors (Lipinski definition) is 4. The summed E-state index contributed by atoms with van der Waals surface area (Å²) in [6, 6.07) is 9.51. The van der Waals surface area contributed by atoms with Gasteiger partial charge in [0, 0.05) is 16.7 Å². The first-order valence-corrected chi connectivity index (χ1v) is 6.99. The van der Waals surface area contributed by atoms with E-state index < -0.39 is 0 Å². The third-order valence-corrected chi connectivity index (χ3v) is 3.66. The first-order chi connectivity index (χ1) is 10.5. The maximum Gasteiger partial charge on any atom is 0.193 e. The second-order valence-corrected chi connectivity index (χ2v) is 5.40. The maximum absolute atomic E-state index is 12.3. The molecule has 3 aromatic rings. The molecule has 5 heteroatoms. The summed E-state index contributed by atoms with van der Waals surface area (Å²) in [5, 5.41) is 10.6. The number of halogens is 1. The van der Waals surface area contributed by atoms with Crippen LogP contribution in [0, 0.1) is 6.92 Å². The molecule has 1 heterocycles. The average Bonchev–Trinajstić information content (AvgIpc) is 2.48. The first-order valence-electron chi connectivity index (χ1n) is 6.61. The van der Waals surface area contributed by atoms with E-state index in [1.165, 1.54) is 19.2 Å². The number of aryl methyl sites for hydroxylation is 1. The van der Waals surface area contributed by atoms with Gasteiger partial charge in [-0.2, -0.15) is 0 Å². The zero-order valence-electron chi connectivity index (χ0n) is 12.0. The Morgan fingerprint density at radius 1 is 1.18 bits per heavy atom. The minimum absolute atomic E-state index is 0.0253. The molecule has 0 aliphatic rings. The topological polar surface area (TPSA) is 59.7 Å². The standard InChI is InChI=1S/C17H13ClO4/c1-9-5-11(18)7-12-14(20)8-15(22-17(9)12)10-3-4-13(19)16(6-10)21-2/h3-8,19H,1-2H3. The van der Waals surface area contributed by atoms with Gasteiger partial charge in [-0.15, -0.1) is 0 Å². The number of rotatable bonds is 2. The number of phenolic OH excluding ortho intramolecular Hbond substituents is 1. The fourth-order valence-corrected chi connectivity index (χ4v) is 2.63. The Labute approximate surface area is 131 Å². The van der Waals surface area contributed by atoms with Crippen LogP contribution in [0.2, 0.25) is 5.02 Å². The van der Waals surface area contributed by atoms with Crippen molar-refractivity contribution in [2.24, 2.45) is 0 Å². The van der Waals surface area contributed by atoms with Gasteiger partial charge in [0.15, 0.2) is 16.9 Å². The molecule has 3 rings (SSSR count). The molecule has 2 aromatic carbocycles. The van der Waals surface area contributed by atoms with E-state index in [0.717, 1.165) is 5.56 Å². The van der Waals surface area contributed by atoms with E-state index in [4.69, 9.17) is 20.8 Å². The number of phenols is 1. The van der Waals surface area contributed by atoms with E-state index in [1.807, 2.05) is 6.92 Å². The molecule has 112 valence electrons. The van der Waals surface area contributed by atoms with Gasteiger partial charge in [0.2, 0.25) is 0 Å². The van der Waals surface area contributed by atoms with Crippen molar-refractivity contribution in [3.05, 3.63) is 57.2 Å². The van der Waals surface area contributed by atoms with Crippen LogP contribution in [0.3, 0.4) is 0 Å². The van der Waals surface area contributed by atoms with Gasteiger partial charge in [-0.3, -0.25) is 4.79 Å². The summed E-state index contributed by atoms with van der Waals surface area (Å²) in [6.07, 6.45) is 0. The van der Waals surface area contributed by atoms with Crippen molar-refractivity contribution in [1.29, 1.82) is 0 Å². The summed E-state index contributed by atoms with van der Waals surface area (Å²) >= 11 is 5.98. The average molecular weight is 317 g/mol. The molecule has 4 nitrogen and oxygen atoms in total. The lowest BCUT2D eigenvalue weighted by molar-refractivity contribution is 0.373. The van der Waals surface area contributed by atoms with Crippen molar-refractivity contribution in [2.75, 3.05) is 7.11 Å². The largest absolute Gasteiger partial charge is 0.504 e. The lowest BCUT2D eigenvalue weighted by Gasteiger charge is -2.08. The summed E-state index contributed by atoms with van der Waals surface area (Å²) in [7, 11) is 1.46. The smallest absolute Gasteiger partial charge is 0.193 e. The lowest BCUT2D eigenvalue weighted by atomic mass is 10.1. The van der Waals surface area contributed by atoms with E-state index in [9.17, 15) is 9.90 Å². The number of aromatic hydroxyl groups is 1. The number of ether oxygens (including phenoxy) is 1. The number of methoxy groups -OCH3 is 1. The van der Waals surface area contributed by atoms with E-state index in [1.54, 1.807) is 24.3 Å². The molecular weight excluding hydrogens is 304 g/mol. The summed E-state index contributed by atoms with van der Waals surface area (Å²) in [6.45, 7) is 1.83. The zero-order valence-corrected chi connectivity index (χ0v) is 12.8. The minimum Gasteiger partial charge on any atom is -0.504 e. The molecule has 1 aromatic heterocycles. The fourth-order valence-electron chi connectivity index (χ4n) is 2.36. The number of fused-ring (bicyclic) bond motifs is 1. The monoisotopic (exact) mass is 316 g/mol. The molecule has 22 heavy (non-hydrogen) atoms. The second kappa shape index (κ2) is 5.39. The molecule has 0 spiro atoms. The summed E-state index contributed by atoms with van der Waals surface area (Å²) < 4.78 is 10.9. The summed E-state index contributed by atoms with van der Waals surface area (Å²) in [5.41, 5.74) is 1.75. The van der Waals surface area contributed by atoms with Crippen LogP contribution in [0.25, 0.3) is 22.3 Å². The van der Waals surface area contributed by atoms with E-state index in [2.05, 4.69) is 0 Å². The van der Waals surface area contributed by atoms with Crippen molar-refractivity contribution in [3.8, 4) is 22.8 Å². The van der Waals surface area contributed by atoms with Crippen LogP contribution >= 0.6 is 11.6 Å². The van der Waals surface area contributed by atoms with E-state index in [0.29, 0.717) is 33.1 Å². The molecule has 1 N–H and O–H groups in total. The van der Waals surface area contributed by atoms with Gasteiger partial charge in [0.25, 0.3) is 0 Å². The third kappa shape index (κ3) is 2.42. The SMILES string of the molecule is COc1cc(-c2cc(=O)c3cc(Cl)cc(C)c3o2)ccc1O. The van der Waals surface area contributed by atoms with Gasteiger partial charge < -0.3 is 14.3 Å². The highest BCUT2D eigenvalue weighted by atomic mass is 35.5. The molecule has 0 atom stereocenters. The highest BCUT2D eigenvalue weighted by Crippen LogP contribution is 2.32. The van der Waals surface area contributed by atoms with Crippen LogP contribution in [-0.4, -0.2) is 12.2 Å². The highest BCUT2D eigenvalue weighted by molar-refractivity contribution is 6.31. The molecule has 0 radical (unpaired) electrons. The van der Waals surface area contributed by atoms with Crippen molar-refractivity contribution < 1.29 is 14.3 Å². The Bertz CT molecular complexity index is 928. The fraction of sp³-hybridized carbons (Fsp3) is 0.118. The Morgan fingerprint density at radius 3 is 2.68 bits per heavy atom. The minimum atomic E-state index is -0.172. The van der Waals surface area contributed by atoms with Gasteiger partial charge in [-0.1, -0.05) is 11.6 Å². The van der Waals surface area contributed by atoms with E-state index >= 15 is 0 Å². The molecule has 0 saturated heterocycles. The van der Waals surface area contributed by atoms with Crippen LogP contribution in [0.15, 0.2) is 45.6 Å². The quantitative estimate of drug-likeness (QED) is 0.772. The number of hydrogen-bond donors (Lipinski definition) is 1. The molecule has 0 aliphatic carbocycles. The van der Waals surface area contributed by atoms with E-state index in [-0.39, 0.29) is 11.2 Å². The van der Waals surface area contributed by atoms with Gasteiger partial charge >= 0.3 is 0 Å². The van der Waals surface area contributed by atoms with Gasteiger partial charge in [-0.05, 0) is 42.8 Å². The van der Waals surface area contributed by atoms with Crippen molar-refractivity contribution in [2.45, 2.75) is 6.92 Å². The predicted molar refractivity (Wildman–Crippen MR) is 85.9 cm³/mol. The Kier molecular flexibility index (Phi) is 3.54. The molecule has 0 fully saturated rings. The second-order valence-electron chi connectivity index (χ2n) is 4.96. The van der Waals surface area contributed by atoms with Crippen LogP contribution in [-0.2, 0) is 0 Å². The first kappa shape index (κ1) is 14.5. The Hall–Kier alpha value is -2.46. The van der Waals surface area contributed by atoms with Crippen LogP contribution < -0.4 is 10.2 Å². The molecule has 0 unspecified atom stereocenters. The molecule has 0 saturated carbocycles.